The molecule has 0 aliphatic rings. The predicted molar refractivity (Wildman–Crippen MR) is 40.9 cm³/mol. The van der Waals surface area contributed by atoms with Crippen molar-refractivity contribution in [1.82, 2.24) is 4.98 Å². The second-order valence-corrected chi connectivity index (χ2v) is 2.60. The first-order valence-electron chi connectivity index (χ1n) is 3.08. The van der Waals surface area contributed by atoms with Gasteiger partial charge in [0.05, 0.1) is 5.56 Å². The van der Waals surface area contributed by atoms with E-state index < -0.39 is 11.9 Å². The number of halogens is 2. The van der Waals surface area contributed by atoms with Gasteiger partial charge in [0.25, 0.3) is 0 Å². The molecule has 1 aromatic rings. The number of carbonyl (C=O) groups is 1. The van der Waals surface area contributed by atoms with Gasteiger partial charge in [-0.25, -0.2) is 9.78 Å². The number of pyridine rings is 1. The summed E-state index contributed by atoms with van der Waals surface area (Å²) in [5.41, 5.74) is -0.0210. The van der Waals surface area contributed by atoms with Crippen LogP contribution in [0.15, 0.2) is 6.07 Å². The topological polar surface area (TPSA) is 50.2 Å². The lowest BCUT2D eigenvalue weighted by Gasteiger charge is -1.99. The SMILES string of the molecule is Cc1cc(C(=O)O)c(Cl)nc1F. The first-order chi connectivity index (χ1) is 5.52. The number of rotatable bonds is 1. The number of carboxylic acid groups (broad SMARTS) is 1. The molecular formula is C7H5ClFNO2. The Morgan fingerprint density at radius 2 is 2.33 bits per heavy atom. The summed E-state index contributed by atoms with van der Waals surface area (Å²) in [6.45, 7) is 1.42. The molecule has 0 unspecified atom stereocenters. The molecule has 5 heteroatoms. The second kappa shape index (κ2) is 3.06. The van der Waals surface area contributed by atoms with Crippen molar-refractivity contribution in [1.29, 1.82) is 0 Å². The van der Waals surface area contributed by atoms with Crippen molar-refractivity contribution in [3.05, 3.63) is 28.3 Å². The molecule has 3 nitrogen and oxygen atoms in total. The van der Waals surface area contributed by atoms with Crippen molar-refractivity contribution in [2.75, 3.05) is 0 Å². The van der Waals surface area contributed by atoms with Gasteiger partial charge in [-0.05, 0) is 13.0 Å². The van der Waals surface area contributed by atoms with E-state index in [2.05, 4.69) is 4.98 Å². The monoisotopic (exact) mass is 189 g/mol. The zero-order valence-electron chi connectivity index (χ0n) is 6.14. The molecule has 64 valence electrons. The van der Waals surface area contributed by atoms with Gasteiger partial charge in [0.1, 0.15) is 5.15 Å². The molecule has 0 aliphatic carbocycles. The lowest BCUT2D eigenvalue weighted by Crippen LogP contribution is -2.02. The average molecular weight is 190 g/mol. The number of hydrogen-bond donors (Lipinski definition) is 1. The number of hydrogen-bond acceptors (Lipinski definition) is 2. The Kier molecular flexibility index (Phi) is 2.28. The van der Waals surface area contributed by atoms with E-state index in [0.29, 0.717) is 0 Å². The van der Waals surface area contributed by atoms with Gasteiger partial charge in [-0.15, -0.1) is 0 Å². The molecule has 0 saturated carbocycles. The van der Waals surface area contributed by atoms with E-state index in [0.717, 1.165) is 6.07 Å². The van der Waals surface area contributed by atoms with Crippen LogP contribution in [0.25, 0.3) is 0 Å². The van der Waals surface area contributed by atoms with Gasteiger partial charge >= 0.3 is 5.97 Å². The molecule has 0 aliphatic heterocycles. The van der Waals surface area contributed by atoms with Gasteiger partial charge in [-0.3, -0.25) is 0 Å². The molecule has 0 fully saturated rings. The maximum atomic E-state index is 12.6. The molecule has 0 bridgehead atoms. The van der Waals surface area contributed by atoms with Crippen LogP contribution in [0.2, 0.25) is 5.15 Å². The first-order valence-corrected chi connectivity index (χ1v) is 3.46. The summed E-state index contributed by atoms with van der Waals surface area (Å²) in [6.07, 6.45) is 0. The maximum Gasteiger partial charge on any atom is 0.338 e. The van der Waals surface area contributed by atoms with E-state index in [9.17, 15) is 9.18 Å². The Labute approximate surface area is 72.8 Å². The van der Waals surface area contributed by atoms with Gasteiger partial charge < -0.3 is 5.11 Å². The minimum absolute atomic E-state index is 0.164. The molecule has 1 N–H and O–H groups in total. The van der Waals surface area contributed by atoms with E-state index in [1.807, 2.05) is 0 Å². The molecule has 0 amide bonds. The normalized spacial score (nSPS) is 9.92. The van der Waals surface area contributed by atoms with E-state index in [1.165, 1.54) is 6.92 Å². The van der Waals surface area contributed by atoms with Gasteiger partial charge in [-0.2, -0.15) is 4.39 Å². The van der Waals surface area contributed by atoms with Crippen molar-refractivity contribution in [3.8, 4) is 0 Å². The second-order valence-electron chi connectivity index (χ2n) is 2.24. The van der Waals surface area contributed by atoms with Crippen LogP contribution in [0, 0.1) is 12.9 Å². The van der Waals surface area contributed by atoms with Crippen LogP contribution in [0.4, 0.5) is 4.39 Å². The van der Waals surface area contributed by atoms with Crippen LogP contribution in [0.3, 0.4) is 0 Å². The number of carboxylic acids is 1. The summed E-state index contributed by atoms with van der Waals surface area (Å²) >= 11 is 5.36. The molecule has 0 aromatic carbocycles. The summed E-state index contributed by atoms with van der Waals surface area (Å²) in [7, 11) is 0. The van der Waals surface area contributed by atoms with Gasteiger partial charge in [0, 0.05) is 5.56 Å². The number of nitrogens with zero attached hydrogens (tertiary/aromatic N) is 1. The van der Waals surface area contributed by atoms with Crippen LogP contribution in [0.1, 0.15) is 15.9 Å². The van der Waals surface area contributed by atoms with Crippen molar-refractivity contribution >= 4 is 17.6 Å². The molecule has 1 rings (SSSR count). The Hall–Kier alpha value is -1.16. The highest BCUT2D eigenvalue weighted by Crippen LogP contribution is 2.16. The highest BCUT2D eigenvalue weighted by atomic mass is 35.5. The molecule has 0 atom stereocenters. The third kappa shape index (κ3) is 1.53. The fourth-order valence-electron chi connectivity index (χ4n) is 0.720. The van der Waals surface area contributed by atoms with Crippen molar-refractivity contribution < 1.29 is 14.3 Å². The van der Waals surface area contributed by atoms with E-state index in [1.54, 1.807) is 0 Å². The van der Waals surface area contributed by atoms with E-state index in [-0.39, 0.29) is 16.3 Å². The molecular weight excluding hydrogens is 185 g/mol. The van der Waals surface area contributed by atoms with E-state index in [4.69, 9.17) is 16.7 Å². The standard InChI is InChI=1S/C7H5ClFNO2/c1-3-2-4(7(11)12)5(8)10-6(3)9/h2H,1H3,(H,11,12). The Balaban J connectivity index is 3.33. The summed E-state index contributed by atoms with van der Waals surface area (Å²) < 4.78 is 12.6. The molecule has 1 aromatic heterocycles. The largest absolute Gasteiger partial charge is 0.478 e. The fraction of sp³-hybridized carbons (Fsp3) is 0.143. The van der Waals surface area contributed by atoms with Crippen LogP contribution < -0.4 is 0 Å². The van der Waals surface area contributed by atoms with Crippen molar-refractivity contribution in [2.45, 2.75) is 6.92 Å². The highest BCUT2D eigenvalue weighted by molar-refractivity contribution is 6.32. The molecule has 0 spiro atoms. The fourth-order valence-corrected chi connectivity index (χ4v) is 0.930. The van der Waals surface area contributed by atoms with E-state index >= 15 is 0 Å². The van der Waals surface area contributed by atoms with Crippen LogP contribution in [-0.4, -0.2) is 16.1 Å². The number of aryl methyl sites for hydroxylation is 1. The van der Waals surface area contributed by atoms with Crippen LogP contribution in [-0.2, 0) is 0 Å². The maximum absolute atomic E-state index is 12.6. The van der Waals surface area contributed by atoms with Gasteiger partial charge in [-0.1, -0.05) is 11.6 Å². The van der Waals surface area contributed by atoms with Crippen molar-refractivity contribution in [3.63, 3.8) is 0 Å². The smallest absolute Gasteiger partial charge is 0.338 e. The zero-order chi connectivity index (χ0) is 9.30. The Morgan fingerprint density at radius 3 is 2.83 bits per heavy atom. The lowest BCUT2D eigenvalue weighted by molar-refractivity contribution is 0.0696. The van der Waals surface area contributed by atoms with Crippen LogP contribution >= 0.6 is 11.6 Å². The predicted octanol–water partition coefficient (Wildman–Crippen LogP) is 1.88. The molecule has 0 saturated heterocycles. The summed E-state index contributed by atoms with van der Waals surface area (Å²) in [6, 6.07) is 1.15. The Morgan fingerprint density at radius 1 is 1.75 bits per heavy atom. The summed E-state index contributed by atoms with van der Waals surface area (Å²) in [4.78, 5) is 13.7. The molecule has 0 radical (unpaired) electrons. The molecule has 12 heavy (non-hydrogen) atoms. The van der Waals surface area contributed by atoms with Gasteiger partial charge in [0.15, 0.2) is 0 Å². The minimum atomic E-state index is -1.21. The summed E-state index contributed by atoms with van der Waals surface area (Å²) in [5, 5.41) is 8.21. The number of aromatic nitrogens is 1. The van der Waals surface area contributed by atoms with Crippen molar-refractivity contribution in [2.24, 2.45) is 0 Å². The average Bonchev–Trinajstić information content (AvgIpc) is 1.96. The third-order valence-corrected chi connectivity index (χ3v) is 1.62. The minimum Gasteiger partial charge on any atom is -0.478 e. The van der Waals surface area contributed by atoms with Gasteiger partial charge in [0.2, 0.25) is 5.95 Å². The molecule has 1 heterocycles. The lowest BCUT2D eigenvalue weighted by atomic mass is 10.2. The highest BCUT2D eigenvalue weighted by Gasteiger charge is 2.12. The zero-order valence-corrected chi connectivity index (χ0v) is 6.89. The van der Waals surface area contributed by atoms with Crippen LogP contribution in [0.5, 0.6) is 0 Å². The Bertz CT molecular complexity index is 340. The third-order valence-electron chi connectivity index (χ3n) is 1.34. The quantitative estimate of drug-likeness (QED) is 0.687. The first kappa shape index (κ1) is 8.93. The summed E-state index contributed by atoms with van der Waals surface area (Å²) in [5.74, 6) is -1.96. The number of aromatic carboxylic acids is 1.